The third-order valence-electron chi connectivity index (χ3n) is 5.18. The van der Waals surface area contributed by atoms with E-state index in [-0.39, 0.29) is 23.8 Å². The van der Waals surface area contributed by atoms with E-state index >= 15 is 0 Å². The van der Waals surface area contributed by atoms with Crippen molar-refractivity contribution in [2.24, 2.45) is 17.6 Å². The maximum atomic E-state index is 12.6. The van der Waals surface area contributed by atoms with Crippen molar-refractivity contribution >= 4 is 11.8 Å². The molecule has 1 aliphatic rings. The molecule has 0 bridgehead atoms. The van der Waals surface area contributed by atoms with E-state index in [4.69, 9.17) is 5.73 Å². The Bertz CT molecular complexity index is 566. The second-order valence-corrected chi connectivity index (χ2v) is 7.39. The molecule has 1 unspecified atom stereocenters. The Morgan fingerprint density at radius 3 is 2.36 bits per heavy atom. The van der Waals surface area contributed by atoms with Crippen LogP contribution in [0.2, 0.25) is 0 Å². The summed E-state index contributed by atoms with van der Waals surface area (Å²) in [5.41, 5.74) is 6.78. The molecule has 0 saturated carbocycles. The van der Waals surface area contributed by atoms with Gasteiger partial charge in [0.05, 0.1) is 0 Å². The van der Waals surface area contributed by atoms with E-state index in [1.165, 1.54) is 0 Å². The van der Waals surface area contributed by atoms with Crippen LogP contribution in [0.15, 0.2) is 30.3 Å². The summed E-state index contributed by atoms with van der Waals surface area (Å²) >= 11 is 0. The number of hydrogen-bond donors (Lipinski definition) is 1. The molecule has 1 saturated heterocycles. The topological polar surface area (TPSA) is 66.6 Å². The lowest BCUT2D eigenvalue weighted by atomic mass is 9.94. The van der Waals surface area contributed by atoms with Crippen LogP contribution < -0.4 is 5.73 Å². The average Bonchev–Trinajstić information content (AvgIpc) is 2.65. The molecule has 1 aliphatic heterocycles. The summed E-state index contributed by atoms with van der Waals surface area (Å²) in [5, 5.41) is 0. The van der Waals surface area contributed by atoms with Crippen LogP contribution in [-0.2, 0) is 4.79 Å². The highest BCUT2D eigenvalue weighted by molar-refractivity contribution is 5.94. The van der Waals surface area contributed by atoms with Crippen molar-refractivity contribution in [1.82, 2.24) is 9.80 Å². The molecule has 1 aromatic carbocycles. The number of hydrogen-bond acceptors (Lipinski definition) is 3. The SMILES string of the molecule is CC(C)C(N)CCN(C)C(=O)C1CCN(C(=O)c2ccccc2)CC1. The molecule has 5 heteroatoms. The van der Waals surface area contributed by atoms with Gasteiger partial charge in [-0.05, 0) is 37.3 Å². The van der Waals surface area contributed by atoms with Gasteiger partial charge in [-0.25, -0.2) is 0 Å². The number of carbonyl (C=O) groups is 2. The van der Waals surface area contributed by atoms with Crippen molar-refractivity contribution in [1.29, 1.82) is 0 Å². The second kappa shape index (κ2) is 8.99. The van der Waals surface area contributed by atoms with Crippen molar-refractivity contribution in [2.75, 3.05) is 26.7 Å². The van der Waals surface area contributed by atoms with Gasteiger partial charge in [-0.3, -0.25) is 9.59 Å². The zero-order chi connectivity index (χ0) is 18.4. The summed E-state index contributed by atoms with van der Waals surface area (Å²) in [4.78, 5) is 28.7. The molecule has 0 aliphatic carbocycles. The van der Waals surface area contributed by atoms with Gasteiger partial charge in [0, 0.05) is 44.2 Å². The molecule has 25 heavy (non-hydrogen) atoms. The highest BCUT2D eigenvalue weighted by atomic mass is 16.2. The Balaban J connectivity index is 1.81. The van der Waals surface area contributed by atoms with Crippen LogP contribution in [0.25, 0.3) is 0 Å². The van der Waals surface area contributed by atoms with Crippen LogP contribution in [0.1, 0.15) is 43.5 Å². The molecule has 2 N–H and O–H groups in total. The van der Waals surface area contributed by atoms with Gasteiger partial charge in [-0.15, -0.1) is 0 Å². The summed E-state index contributed by atoms with van der Waals surface area (Å²) in [6, 6.07) is 9.46. The number of carbonyl (C=O) groups excluding carboxylic acids is 2. The van der Waals surface area contributed by atoms with Crippen molar-refractivity contribution in [3.05, 3.63) is 35.9 Å². The number of nitrogens with two attached hydrogens (primary N) is 1. The van der Waals surface area contributed by atoms with Gasteiger partial charge in [0.2, 0.25) is 5.91 Å². The van der Waals surface area contributed by atoms with Gasteiger partial charge in [-0.1, -0.05) is 32.0 Å². The molecular formula is C20H31N3O2. The lowest BCUT2D eigenvalue weighted by Gasteiger charge is -2.33. The lowest BCUT2D eigenvalue weighted by molar-refractivity contribution is -0.135. The molecule has 5 nitrogen and oxygen atoms in total. The van der Waals surface area contributed by atoms with Crippen molar-refractivity contribution in [3.8, 4) is 0 Å². The van der Waals surface area contributed by atoms with Crippen LogP contribution in [0.4, 0.5) is 0 Å². The normalized spacial score (nSPS) is 16.8. The van der Waals surface area contributed by atoms with Gasteiger partial charge in [0.25, 0.3) is 5.91 Å². The summed E-state index contributed by atoms with van der Waals surface area (Å²) in [6.07, 6.45) is 2.29. The first-order valence-electron chi connectivity index (χ1n) is 9.25. The number of rotatable bonds is 6. The van der Waals surface area contributed by atoms with E-state index in [0.717, 1.165) is 19.3 Å². The summed E-state index contributed by atoms with van der Waals surface area (Å²) < 4.78 is 0. The number of nitrogens with zero attached hydrogens (tertiary/aromatic N) is 2. The van der Waals surface area contributed by atoms with Crippen LogP contribution in [0.5, 0.6) is 0 Å². The first-order chi connectivity index (χ1) is 11.9. The van der Waals surface area contributed by atoms with Gasteiger partial charge in [0.15, 0.2) is 0 Å². The molecule has 1 heterocycles. The van der Waals surface area contributed by atoms with Gasteiger partial charge >= 0.3 is 0 Å². The number of likely N-dealkylation sites (tertiary alicyclic amines) is 1. The van der Waals surface area contributed by atoms with Crippen LogP contribution in [0, 0.1) is 11.8 Å². The lowest BCUT2D eigenvalue weighted by Crippen LogP contribution is -2.44. The average molecular weight is 345 g/mol. The van der Waals surface area contributed by atoms with E-state index in [2.05, 4.69) is 13.8 Å². The quantitative estimate of drug-likeness (QED) is 0.861. The van der Waals surface area contributed by atoms with Crippen LogP contribution in [-0.4, -0.2) is 54.3 Å². The van der Waals surface area contributed by atoms with Crippen LogP contribution in [0.3, 0.4) is 0 Å². The largest absolute Gasteiger partial charge is 0.345 e. The minimum Gasteiger partial charge on any atom is -0.345 e. The van der Waals surface area contributed by atoms with E-state index < -0.39 is 0 Å². The monoisotopic (exact) mass is 345 g/mol. The van der Waals surface area contributed by atoms with E-state index in [9.17, 15) is 9.59 Å². The molecule has 1 fully saturated rings. The number of benzene rings is 1. The fraction of sp³-hybridized carbons (Fsp3) is 0.600. The smallest absolute Gasteiger partial charge is 0.253 e. The molecule has 0 radical (unpaired) electrons. The zero-order valence-electron chi connectivity index (χ0n) is 15.6. The van der Waals surface area contributed by atoms with E-state index in [1.54, 1.807) is 0 Å². The van der Waals surface area contributed by atoms with E-state index in [1.807, 2.05) is 47.2 Å². The molecule has 138 valence electrons. The third kappa shape index (κ3) is 5.30. The first kappa shape index (κ1) is 19.4. The third-order valence-corrected chi connectivity index (χ3v) is 5.18. The molecule has 2 amide bonds. The van der Waals surface area contributed by atoms with Gasteiger partial charge in [0.1, 0.15) is 0 Å². The Morgan fingerprint density at radius 1 is 1.20 bits per heavy atom. The van der Waals surface area contributed by atoms with Gasteiger partial charge in [-0.2, -0.15) is 0 Å². The Labute approximate surface area is 151 Å². The fourth-order valence-electron chi connectivity index (χ4n) is 3.19. The molecule has 0 spiro atoms. The van der Waals surface area contributed by atoms with Crippen LogP contribution >= 0.6 is 0 Å². The molecule has 2 rings (SSSR count). The predicted molar refractivity (Wildman–Crippen MR) is 100 cm³/mol. The Kier molecular flexibility index (Phi) is 7.00. The van der Waals surface area contributed by atoms with Crippen molar-refractivity contribution in [2.45, 2.75) is 39.2 Å². The Hall–Kier alpha value is -1.88. The number of piperidine rings is 1. The molecule has 1 atom stereocenters. The summed E-state index contributed by atoms with van der Waals surface area (Å²) in [6.45, 7) is 6.19. The van der Waals surface area contributed by atoms with E-state index in [0.29, 0.717) is 31.1 Å². The number of amides is 2. The molecular weight excluding hydrogens is 314 g/mol. The molecule has 0 aromatic heterocycles. The zero-order valence-corrected chi connectivity index (χ0v) is 15.6. The minimum absolute atomic E-state index is 0.0140. The molecule has 1 aromatic rings. The maximum Gasteiger partial charge on any atom is 0.253 e. The highest BCUT2D eigenvalue weighted by Crippen LogP contribution is 2.21. The first-order valence-corrected chi connectivity index (χ1v) is 9.25. The van der Waals surface area contributed by atoms with Crippen molar-refractivity contribution < 1.29 is 9.59 Å². The maximum absolute atomic E-state index is 12.6. The fourth-order valence-corrected chi connectivity index (χ4v) is 3.19. The second-order valence-electron chi connectivity index (χ2n) is 7.39. The standard InChI is InChI=1S/C20H31N3O2/c1-15(2)18(21)11-12-22(3)19(24)17-9-13-23(14-10-17)20(25)16-7-5-4-6-8-16/h4-8,15,17-18H,9-14,21H2,1-3H3. The minimum atomic E-state index is 0.0140. The van der Waals surface area contributed by atoms with Crippen molar-refractivity contribution in [3.63, 3.8) is 0 Å². The predicted octanol–water partition coefficient (Wildman–Crippen LogP) is 2.37. The summed E-state index contributed by atoms with van der Waals surface area (Å²) in [5.74, 6) is 0.682. The Morgan fingerprint density at radius 2 is 1.80 bits per heavy atom. The highest BCUT2D eigenvalue weighted by Gasteiger charge is 2.29. The summed E-state index contributed by atoms with van der Waals surface area (Å²) in [7, 11) is 1.86. The van der Waals surface area contributed by atoms with Gasteiger partial charge < -0.3 is 15.5 Å².